The van der Waals surface area contributed by atoms with E-state index in [0.29, 0.717) is 0 Å². The highest BCUT2D eigenvalue weighted by Crippen LogP contribution is 3.18. The monoisotopic (exact) mass is 160 g/mol. The zero-order valence-electron chi connectivity index (χ0n) is 8.31. The molecule has 0 atom stereocenters. The molecule has 0 aromatic carbocycles. The zero-order valence-corrected chi connectivity index (χ0v) is 8.31. The SMILES string of the molecule is CC12C3C4(C)C1C1(C)C2C3(C)C41. The fourth-order valence-electron chi connectivity index (χ4n) is 9.46. The van der Waals surface area contributed by atoms with E-state index >= 15 is 0 Å². The summed E-state index contributed by atoms with van der Waals surface area (Å²) < 4.78 is 0. The van der Waals surface area contributed by atoms with Crippen LogP contribution in [0.1, 0.15) is 27.7 Å². The Hall–Kier alpha value is 0. The number of rotatable bonds is 0. The topological polar surface area (TPSA) is 0 Å². The lowest BCUT2D eigenvalue weighted by Gasteiger charge is -3.18. The van der Waals surface area contributed by atoms with E-state index in [2.05, 4.69) is 27.7 Å². The predicted octanol–water partition coefficient (Wildman–Crippen LogP) is 2.54. The molecule has 6 saturated carbocycles. The Balaban J connectivity index is 1.86. The third-order valence-corrected chi connectivity index (χ3v) is 7.46. The lowest BCUT2D eigenvalue weighted by atomic mass is 8.85. The first-order valence-corrected chi connectivity index (χ1v) is 5.46. The van der Waals surface area contributed by atoms with Crippen LogP contribution in [0.5, 0.6) is 0 Å². The standard InChI is InChI=1S/C12H16/c1-9-5-10(2)6(9)12(4)7(9)11(5,3)8(10)12/h5-8H,1-4H3. The summed E-state index contributed by atoms with van der Waals surface area (Å²) in [4.78, 5) is 0. The summed E-state index contributed by atoms with van der Waals surface area (Å²) >= 11 is 0. The summed E-state index contributed by atoms with van der Waals surface area (Å²) in [5.74, 6) is 4.61. The number of hydrogen-bond donors (Lipinski definition) is 0. The van der Waals surface area contributed by atoms with E-state index < -0.39 is 0 Å². The van der Waals surface area contributed by atoms with Crippen LogP contribution in [-0.2, 0) is 0 Å². The van der Waals surface area contributed by atoms with Crippen LogP contribution in [0.25, 0.3) is 0 Å². The molecule has 0 heterocycles. The summed E-state index contributed by atoms with van der Waals surface area (Å²) in [6.45, 7) is 10.3. The van der Waals surface area contributed by atoms with Crippen LogP contribution in [0.15, 0.2) is 0 Å². The van der Waals surface area contributed by atoms with Crippen LogP contribution in [0, 0.1) is 45.3 Å². The van der Waals surface area contributed by atoms with Crippen LogP contribution >= 0.6 is 0 Å². The van der Waals surface area contributed by atoms with Gasteiger partial charge in [-0.2, -0.15) is 0 Å². The van der Waals surface area contributed by atoms with Crippen molar-refractivity contribution in [2.75, 3.05) is 0 Å². The quantitative estimate of drug-likeness (QED) is 0.511. The molecule has 0 unspecified atom stereocenters. The van der Waals surface area contributed by atoms with E-state index in [1.54, 1.807) is 0 Å². The predicted molar refractivity (Wildman–Crippen MR) is 46.4 cm³/mol. The molecule has 0 amide bonds. The van der Waals surface area contributed by atoms with Gasteiger partial charge in [0.05, 0.1) is 0 Å². The molecule has 6 aliphatic carbocycles. The minimum atomic E-state index is 0.854. The summed E-state index contributed by atoms with van der Waals surface area (Å²) in [6.07, 6.45) is 0. The summed E-state index contributed by atoms with van der Waals surface area (Å²) in [7, 11) is 0. The second-order valence-corrected chi connectivity index (χ2v) is 7.20. The molecule has 64 valence electrons. The van der Waals surface area contributed by atoms with E-state index in [4.69, 9.17) is 0 Å². The highest BCUT2D eigenvalue weighted by Gasteiger charge is 3.14. The highest BCUT2D eigenvalue weighted by atomic mass is 15.2. The first-order chi connectivity index (χ1) is 5.46. The van der Waals surface area contributed by atoms with Crippen LogP contribution in [0.3, 0.4) is 0 Å². The van der Waals surface area contributed by atoms with Crippen LogP contribution in [-0.4, -0.2) is 0 Å². The van der Waals surface area contributed by atoms with Crippen molar-refractivity contribution in [1.29, 1.82) is 0 Å². The van der Waals surface area contributed by atoms with Crippen molar-refractivity contribution in [1.82, 2.24) is 0 Å². The van der Waals surface area contributed by atoms with Gasteiger partial charge in [0.1, 0.15) is 0 Å². The van der Waals surface area contributed by atoms with E-state index in [0.717, 1.165) is 45.3 Å². The van der Waals surface area contributed by atoms with Crippen LogP contribution in [0.2, 0.25) is 0 Å². The van der Waals surface area contributed by atoms with Crippen molar-refractivity contribution in [3.05, 3.63) is 0 Å². The van der Waals surface area contributed by atoms with Gasteiger partial charge in [0, 0.05) is 0 Å². The smallest absolute Gasteiger partial charge is 0.0208 e. The van der Waals surface area contributed by atoms with Gasteiger partial charge < -0.3 is 0 Å². The molecule has 0 saturated heterocycles. The molecular weight excluding hydrogens is 144 g/mol. The Morgan fingerprint density at radius 3 is 0.833 bits per heavy atom. The fraction of sp³-hybridized carbons (Fsp3) is 1.00. The van der Waals surface area contributed by atoms with Gasteiger partial charge in [0.25, 0.3) is 0 Å². The van der Waals surface area contributed by atoms with E-state index in [9.17, 15) is 0 Å². The minimum Gasteiger partial charge on any atom is -0.0587 e. The number of hydrogen-bond acceptors (Lipinski definition) is 0. The molecule has 0 aliphatic heterocycles. The van der Waals surface area contributed by atoms with E-state index in [1.807, 2.05) is 0 Å². The fourth-order valence-corrected chi connectivity index (χ4v) is 9.46. The van der Waals surface area contributed by atoms with Gasteiger partial charge in [-0.05, 0) is 45.3 Å². The second kappa shape index (κ2) is 0.849. The Bertz CT molecular complexity index is 243. The van der Waals surface area contributed by atoms with Crippen LogP contribution in [0.4, 0.5) is 0 Å². The normalized spacial score (nSPS) is 101. The third-order valence-electron chi connectivity index (χ3n) is 7.46. The molecule has 0 aromatic rings. The summed E-state index contributed by atoms with van der Waals surface area (Å²) in [6, 6.07) is 0. The Morgan fingerprint density at radius 1 is 0.500 bits per heavy atom. The van der Waals surface area contributed by atoms with Crippen molar-refractivity contribution in [2.24, 2.45) is 45.3 Å². The van der Waals surface area contributed by atoms with Gasteiger partial charge in [-0.3, -0.25) is 0 Å². The Morgan fingerprint density at radius 2 is 0.667 bits per heavy atom. The molecule has 0 heteroatoms. The van der Waals surface area contributed by atoms with Gasteiger partial charge in [-0.25, -0.2) is 0 Å². The Kier molecular flexibility index (Phi) is 0.401. The second-order valence-electron chi connectivity index (χ2n) is 7.20. The molecule has 0 radical (unpaired) electrons. The van der Waals surface area contributed by atoms with Crippen molar-refractivity contribution in [2.45, 2.75) is 27.7 Å². The summed E-state index contributed by atoms with van der Waals surface area (Å²) in [5, 5.41) is 0. The van der Waals surface area contributed by atoms with E-state index in [-0.39, 0.29) is 0 Å². The maximum absolute atomic E-state index is 2.58. The van der Waals surface area contributed by atoms with Crippen LogP contribution < -0.4 is 0 Å². The van der Waals surface area contributed by atoms with Crippen molar-refractivity contribution >= 4 is 0 Å². The molecule has 6 rings (SSSR count). The maximum atomic E-state index is 2.58. The molecule has 0 N–H and O–H groups in total. The van der Waals surface area contributed by atoms with Gasteiger partial charge >= 0.3 is 0 Å². The first-order valence-electron chi connectivity index (χ1n) is 5.46. The molecule has 0 bridgehead atoms. The molecule has 0 spiro atoms. The van der Waals surface area contributed by atoms with Gasteiger partial charge in [0.15, 0.2) is 0 Å². The van der Waals surface area contributed by atoms with Gasteiger partial charge in [-0.1, -0.05) is 27.7 Å². The molecular formula is C12H16. The third kappa shape index (κ3) is 0.156. The lowest BCUT2D eigenvalue weighted by molar-refractivity contribution is -0.724. The Labute approximate surface area is 73.7 Å². The summed E-state index contributed by atoms with van der Waals surface area (Å²) in [5.41, 5.74) is 3.42. The average Bonchev–Trinajstić information content (AvgIpc) is 1.78. The van der Waals surface area contributed by atoms with Gasteiger partial charge in [0.2, 0.25) is 0 Å². The lowest BCUT2D eigenvalue weighted by Crippen LogP contribution is -3.15. The molecule has 12 heavy (non-hydrogen) atoms. The molecule has 0 nitrogen and oxygen atoms in total. The van der Waals surface area contributed by atoms with Gasteiger partial charge in [-0.15, -0.1) is 0 Å². The van der Waals surface area contributed by atoms with Crippen molar-refractivity contribution < 1.29 is 0 Å². The minimum absolute atomic E-state index is 0.854. The molecule has 6 fully saturated rings. The maximum Gasteiger partial charge on any atom is -0.0208 e. The first kappa shape index (κ1) is 5.67. The highest BCUT2D eigenvalue weighted by molar-refractivity contribution is 5.60. The average molecular weight is 160 g/mol. The van der Waals surface area contributed by atoms with Crippen molar-refractivity contribution in [3.63, 3.8) is 0 Å². The molecule has 6 aliphatic rings. The van der Waals surface area contributed by atoms with E-state index in [1.165, 1.54) is 0 Å². The van der Waals surface area contributed by atoms with Crippen molar-refractivity contribution in [3.8, 4) is 0 Å². The largest absolute Gasteiger partial charge is 0.0587 e. The zero-order chi connectivity index (χ0) is 8.31. The molecule has 0 aromatic heterocycles.